The van der Waals surface area contributed by atoms with Crippen molar-refractivity contribution < 1.29 is 0 Å². The normalized spacial score (nSPS) is 31.0. The Morgan fingerprint density at radius 2 is 2.27 bits per heavy atom. The van der Waals surface area contributed by atoms with Crippen LogP contribution in [0.25, 0.3) is 0 Å². The molecule has 0 aromatic carbocycles. The molecule has 84 valence electrons. The van der Waals surface area contributed by atoms with Crippen LogP contribution in [0.15, 0.2) is 12.3 Å². The van der Waals surface area contributed by atoms with E-state index in [9.17, 15) is 0 Å². The summed E-state index contributed by atoms with van der Waals surface area (Å²) in [6.45, 7) is 5.66. The predicted octanol–water partition coefficient (Wildman–Crippen LogP) is 1.94. The second kappa shape index (κ2) is 4.35. The summed E-state index contributed by atoms with van der Waals surface area (Å²) in [5.74, 6) is 1.67. The lowest BCUT2D eigenvalue weighted by Gasteiger charge is -2.19. The van der Waals surface area contributed by atoms with E-state index in [-0.39, 0.29) is 0 Å². The van der Waals surface area contributed by atoms with Crippen LogP contribution in [-0.2, 0) is 13.6 Å². The summed E-state index contributed by atoms with van der Waals surface area (Å²) in [4.78, 5) is 0. The third-order valence-electron chi connectivity index (χ3n) is 3.93. The molecule has 0 spiro atoms. The number of nitrogens with one attached hydrogen (secondary N) is 1. The molecule has 1 aromatic heterocycles. The summed E-state index contributed by atoms with van der Waals surface area (Å²) >= 11 is 0. The van der Waals surface area contributed by atoms with Crippen LogP contribution in [0.4, 0.5) is 0 Å². The lowest BCUT2D eigenvalue weighted by molar-refractivity contribution is 0.366. The molecule has 2 rings (SSSR count). The molecule has 1 N–H and O–H groups in total. The van der Waals surface area contributed by atoms with Crippen molar-refractivity contribution in [2.45, 2.75) is 39.3 Å². The second-order valence-corrected chi connectivity index (χ2v) is 4.85. The third kappa shape index (κ3) is 2.23. The van der Waals surface area contributed by atoms with Crippen LogP contribution in [0.1, 0.15) is 32.4 Å². The summed E-state index contributed by atoms with van der Waals surface area (Å²) in [5.41, 5.74) is 1.27. The summed E-state index contributed by atoms with van der Waals surface area (Å²) in [5, 5.41) is 7.82. The van der Waals surface area contributed by atoms with Crippen molar-refractivity contribution in [2.24, 2.45) is 18.9 Å². The highest BCUT2D eigenvalue weighted by Crippen LogP contribution is 2.31. The number of rotatable bonds is 3. The van der Waals surface area contributed by atoms with Crippen molar-refractivity contribution in [1.29, 1.82) is 0 Å². The van der Waals surface area contributed by atoms with E-state index in [2.05, 4.69) is 30.3 Å². The fourth-order valence-electron chi connectivity index (χ4n) is 2.46. The van der Waals surface area contributed by atoms with Gasteiger partial charge in [0, 0.05) is 25.8 Å². The van der Waals surface area contributed by atoms with Crippen LogP contribution in [0, 0.1) is 11.8 Å². The Bertz CT molecular complexity index is 318. The minimum atomic E-state index is 0.690. The molecule has 0 radical (unpaired) electrons. The first kappa shape index (κ1) is 10.7. The largest absolute Gasteiger partial charge is 0.308 e. The SMILES string of the molecule is CC1CCC(NCc2ccnn2C)C1C. The number of hydrogen-bond acceptors (Lipinski definition) is 2. The highest BCUT2D eigenvalue weighted by Gasteiger charge is 2.29. The van der Waals surface area contributed by atoms with Gasteiger partial charge in [-0.25, -0.2) is 0 Å². The average molecular weight is 207 g/mol. The highest BCUT2D eigenvalue weighted by atomic mass is 15.3. The molecule has 1 heterocycles. The highest BCUT2D eigenvalue weighted by molar-refractivity contribution is 5.00. The van der Waals surface area contributed by atoms with E-state index in [1.165, 1.54) is 18.5 Å². The van der Waals surface area contributed by atoms with Gasteiger partial charge in [0.25, 0.3) is 0 Å². The standard InChI is InChI=1S/C12H21N3/c1-9-4-5-12(10(9)2)13-8-11-6-7-14-15(11)3/h6-7,9-10,12-13H,4-5,8H2,1-3H3. The first-order chi connectivity index (χ1) is 7.18. The Hall–Kier alpha value is -0.830. The molecule has 3 heteroatoms. The van der Waals surface area contributed by atoms with Crippen molar-refractivity contribution in [1.82, 2.24) is 15.1 Å². The van der Waals surface area contributed by atoms with Gasteiger partial charge in [0.15, 0.2) is 0 Å². The molecule has 0 amide bonds. The lowest BCUT2D eigenvalue weighted by atomic mass is 9.98. The van der Waals surface area contributed by atoms with Gasteiger partial charge in [-0.1, -0.05) is 13.8 Å². The minimum absolute atomic E-state index is 0.690. The fraction of sp³-hybridized carbons (Fsp3) is 0.750. The zero-order valence-corrected chi connectivity index (χ0v) is 9.90. The molecule has 1 fully saturated rings. The van der Waals surface area contributed by atoms with E-state index >= 15 is 0 Å². The molecule has 0 bridgehead atoms. The van der Waals surface area contributed by atoms with Gasteiger partial charge in [0.1, 0.15) is 0 Å². The second-order valence-electron chi connectivity index (χ2n) is 4.85. The maximum atomic E-state index is 4.17. The van der Waals surface area contributed by atoms with Crippen LogP contribution >= 0.6 is 0 Å². The smallest absolute Gasteiger partial charge is 0.0518 e. The Morgan fingerprint density at radius 3 is 2.80 bits per heavy atom. The Kier molecular flexibility index (Phi) is 3.10. The zero-order chi connectivity index (χ0) is 10.8. The molecule has 0 aliphatic heterocycles. The molecule has 1 aliphatic rings. The summed E-state index contributed by atoms with van der Waals surface area (Å²) < 4.78 is 1.94. The topological polar surface area (TPSA) is 29.9 Å². The summed E-state index contributed by atoms with van der Waals surface area (Å²) in [6, 6.07) is 2.77. The van der Waals surface area contributed by atoms with Crippen LogP contribution in [0.3, 0.4) is 0 Å². The maximum Gasteiger partial charge on any atom is 0.0518 e. The van der Waals surface area contributed by atoms with Gasteiger partial charge in [-0.3, -0.25) is 4.68 Å². The van der Waals surface area contributed by atoms with Crippen molar-refractivity contribution in [3.8, 4) is 0 Å². The molecule has 1 aromatic rings. The van der Waals surface area contributed by atoms with Crippen molar-refractivity contribution in [2.75, 3.05) is 0 Å². The van der Waals surface area contributed by atoms with Crippen LogP contribution in [0.2, 0.25) is 0 Å². The fourth-order valence-corrected chi connectivity index (χ4v) is 2.46. The van der Waals surface area contributed by atoms with Crippen LogP contribution < -0.4 is 5.32 Å². The minimum Gasteiger partial charge on any atom is -0.308 e. The summed E-state index contributed by atoms with van der Waals surface area (Å²) in [6.07, 6.45) is 4.54. The van der Waals surface area contributed by atoms with Gasteiger partial charge in [0.05, 0.1) is 5.69 Å². The monoisotopic (exact) mass is 207 g/mol. The molecule has 3 nitrogen and oxygen atoms in total. The molecule has 1 saturated carbocycles. The molecule has 15 heavy (non-hydrogen) atoms. The van der Waals surface area contributed by atoms with E-state index < -0.39 is 0 Å². The van der Waals surface area contributed by atoms with E-state index in [0.29, 0.717) is 6.04 Å². The summed E-state index contributed by atoms with van der Waals surface area (Å²) in [7, 11) is 2.00. The van der Waals surface area contributed by atoms with Gasteiger partial charge in [-0.15, -0.1) is 0 Å². The van der Waals surface area contributed by atoms with E-state index in [1.54, 1.807) is 0 Å². The van der Waals surface area contributed by atoms with Crippen LogP contribution in [-0.4, -0.2) is 15.8 Å². The quantitative estimate of drug-likeness (QED) is 0.821. The molecule has 1 aliphatic carbocycles. The maximum absolute atomic E-state index is 4.17. The van der Waals surface area contributed by atoms with Crippen molar-refractivity contribution >= 4 is 0 Å². The predicted molar refractivity (Wildman–Crippen MR) is 61.4 cm³/mol. The van der Waals surface area contributed by atoms with E-state index in [1.807, 2.05) is 17.9 Å². The Morgan fingerprint density at radius 1 is 1.47 bits per heavy atom. The number of aromatic nitrogens is 2. The van der Waals surface area contributed by atoms with Crippen molar-refractivity contribution in [3.63, 3.8) is 0 Å². The van der Waals surface area contributed by atoms with E-state index in [4.69, 9.17) is 0 Å². The number of hydrogen-bond donors (Lipinski definition) is 1. The molecular formula is C12H21N3. The lowest BCUT2D eigenvalue weighted by Crippen LogP contribution is -2.32. The van der Waals surface area contributed by atoms with Crippen LogP contribution in [0.5, 0.6) is 0 Å². The molecule has 0 saturated heterocycles. The van der Waals surface area contributed by atoms with Gasteiger partial charge in [-0.05, 0) is 30.7 Å². The number of nitrogens with zero attached hydrogens (tertiary/aromatic N) is 2. The molecule has 3 unspecified atom stereocenters. The van der Waals surface area contributed by atoms with Gasteiger partial charge < -0.3 is 5.32 Å². The third-order valence-corrected chi connectivity index (χ3v) is 3.93. The van der Waals surface area contributed by atoms with Gasteiger partial charge in [0.2, 0.25) is 0 Å². The van der Waals surface area contributed by atoms with Gasteiger partial charge >= 0.3 is 0 Å². The molecular weight excluding hydrogens is 186 g/mol. The first-order valence-electron chi connectivity index (χ1n) is 5.88. The number of aryl methyl sites for hydroxylation is 1. The molecule has 3 atom stereocenters. The van der Waals surface area contributed by atoms with E-state index in [0.717, 1.165) is 18.4 Å². The zero-order valence-electron chi connectivity index (χ0n) is 9.90. The van der Waals surface area contributed by atoms with Crippen molar-refractivity contribution in [3.05, 3.63) is 18.0 Å². The Labute approximate surface area is 91.9 Å². The van der Waals surface area contributed by atoms with Gasteiger partial charge in [-0.2, -0.15) is 5.10 Å². The first-order valence-corrected chi connectivity index (χ1v) is 5.88. The average Bonchev–Trinajstić information content (AvgIpc) is 2.74. The Balaban J connectivity index is 1.86.